The summed E-state index contributed by atoms with van der Waals surface area (Å²) in [6.07, 6.45) is 0. The van der Waals surface area contributed by atoms with Crippen molar-refractivity contribution in [2.45, 2.75) is 24.8 Å². The molecule has 1 aromatic heterocycles. The Balaban J connectivity index is 2.97. The van der Waals surface area contributed by atoms with E-state index < -0.39 is 22.0 Å². The third-order valence-corrected chi connectivity index (χ3v) is 5.37. The van der Waals surface area contributed by atoms with Crippen LogP contribution in [0.1, 0.15) is 11.8 Å². The monoisotopic (exact) mass is 341 g/mol. The van der Waals surface area contributed by atoms with Crippen LogP contribution < -0.4 is 4.72 Å². The molecule has 1 heterocycles. The van der Waals surface area contributed by atoms with Crippen molar-refractivity contribution < 1.29 is 17.9 Å². The van der Waals surface area contributed by atoms with Crippen LogP contribution in [0.15, 0.2) is 14.7 Å². The second-order valence-corrected chi connectivity index (χ2v) is 7.66. The molecule has 0 radical (unpaired) electrons. The van der Waals surface area contributed by atoms with Gasteiger partial charge in [-0.25, -0.2) is 8.42 Å². The van der Waals surface area contributed by atoms with E-state index in [1.807, 2.05) is 0 Å². The van der Waals surface area contributed by atoms with Crippen molar-refractivity contribution in [3.05, 3.63) is 14.7 Å². The number of carbonyl (C=O) groups excluding carboxylic acids is 1. The predicted octanol–water partition coefficient (Wildman–Crippen LogP) is 1.66. The van der Waals surface area contributed by atoms with Gasteiger partial charge in [0.2, 0.25) is 10.0 Å². The summed E-state index contributed by atoms with van der Waals surface area (Å²) in [5.74, 6) is -0.625. The Bertz CT molecular complexity index is 523. The van der Waals surface area contributed by atoms with Gasteiger partial charge in [-0.2, -0.15) is 4.72 Å². The van der Waals surface area contributed by atoms with Crippen molar-refractivity contribution in [3.8, 4) is 0 Å². The maximum Gasteiger partial charge on any atom is 0.323 e. The lowest BCUT2D eigenvalue weighted by Gasteiger charge is -2.11. The number of thiophene rings is 1. The van der Waals surface area contributed by atoms with Crippen LogP contribution in [0.25, 0.3) is 0 Å². The molecule has 1 unspecified atom stereocenters. The highest BCUT2D eigenvalue weighted by Gasteiger charge is 2.25. The Morgan fingerprint density at radius 3 is 2.59 bits per heavy atom. The molecule has 0 saturated heterocycles. The Labute approximate surface area is 112 Å². The van der Waals surface area contributed by atoms with Gasteiger partial charge in [0, 0.05) is 4.88 Å². The van der Waals surface area contributed by atoms with Gasteiger partial charge in [0.15, 0.2) is 0 Å². The maximum atomic E-state index is 12.0. The lowest BCUT2D eigenvalue weighted by atomic mass is 10.4. The summed E-state index contributed by atoms with van der Waals surface area (Å²) >= 11 is 4.54. The van der Waals surface area contributed by atoms with Gasteiger partial charge in [0.05, 0.1) is 15.8 Å². The molecule has 96 valence electrons. The minimum atomic E-state index is -3.69. The molecule has 1 N–H and O–H groups in total. The van der Waals surface area contributed by atoms with E-state index in [9.17, 15) is 13.2 Å². The first kappa shape index (κ1) is 14.6. The fraction of sp³-hybridized carbons (Fsp3) is 0.444. The van der Waals surface area contributed by atoms with Crippen molar-refractivity contribution in [3.63, 3.8) is 0 Å². The summed E-state index contributed by atoms with van der Waals surface area (Å²) in [4.78, 5) is 12.0. The van der Waals surface area contributed by atoms with Crippen LogP contribution in [0.3, 0.4) is 0 Å². The summed E-state index contributed by atoms with van der Waals surface area (Å²) in [6.45, 7) is 3.13. The van der Waals surface area contributed by atoms with E-state index in [1.165, 1.54) is 31.4 Å². The molecule has 0 amide bonds. The number of nitrogens with one attached hydrogen (secondary N) is 1. The van der Waals surface area contributed by atoms with Crippen LogP contribution >= 0.6 is 27.3 Å². The number of sulfonamides is 1. The van der Waals surface area contributed by atoms with Gasteiger partial charge in [-0.1, -0.05) is 0 Å². The van der Waals surface area contributed by atoms with Gasteiger partial charge in [-0.3, -0.25) is 4.79 Å². The molecule has 0 bridgehead atoms. The molecular weight excluding hydrogens is 330 g/mol. The lowest BCUT2D eigenvalue weighted by Crippen LogP contribution is -2.39. The number of hydrogen-bond donors (Lipinski definition) is 1. The highest BCUT2D eigenvalue weighted by Crippen LogP contribution is 2.29. The number of halogens is 1. The van der Waals surface area contributed by atoms with E-state index in [0.29, 0.717) is 4.88 Å². The number of carbonyl (C=O) groups is 1. The Morgan fingerprint density at radius 2 is 2.18 bits per heavy atom. The number of methoxy groups -OCH3 is 1. The van der Waals surface area contributed by atoms with Crippen molar-refractivity contribution in [2.75, 3.05) is 7.11 Å². The normalized spacial score (nSPS) is 13.4. The predicted molar refractivity (Wildman–Crippen MR) is 68.6 cm³/mol. The fourth-order valence-corrected chi connectivity index (χ4v) is 4.83. The van der Waals surface area contributed by atoms with Crippen LogP contribution in [-0.2, 0) is 19.6 Å². The first-order valence-corrected chi connectivity index (χ1v) is 7.73. The number of ether oxygens (including phenoxy) is 1. The lowest BCUT2D eigenvalue weighted by molar-refractivity contribution is -0.142. The smallest absolute Gasteiger partial charge is 0.323 e. The minimum absolute atomic E-state index is 0.171. The van der Waals surface area contributed by atoms with Crippen molar-refractivity contribution in [1.82, 2.24) is 4.72 Å². The van der Waals surface area contributed by atoms with E-state index in [0.717, 1.165) is 3.79 Å². The zero-order chi connectivity index (χ0) is 13.2. The van der Waals surface area contributed by atoms with Crippen LogP contribution in [0.5, 0.6) is 0 Å². The molecular formula is C9H12BrNO4S2. The van der Waals surface area contributed by atoms with Gasteiger partial charge in [0.1, 0.15) is 6.04 Å². The molecule has 5 nitrogen and oxygen atoms in total. The third kappa shape index (κ3) is 3.51. The van der Waals surface area contributed by atoms with E-state index >= 15 is 0 Å². The van der Waals surface area contributed by atoms with E-state index in [2.05, 4.69) is 25.4 Å². The molecule has 1 aromatic rings. The SMILES string of the molecule is COC(=O)C(C)NS(=O)(=O)c1cc(Br)sc1C. The Hall–Kier alpha value is -0.440. The molecule has 1 rings (SSSR count). The molecule has 17 heavy (non-hydrogen) atoms. The van der Waals surface area contributed by atoms with E-state index in [-0.39, 0.29) is 4.90 Å². The number of aryl methyl sites for hydroxylation is 1. The quantitative estimate of drug-likeness (QED) is 0.845. The van der Waals surface area contributed by atoms with E-state index in [1.54, 1.807) is 6.92 Å². The number of hydrogen-bond acceptors (Lipinski definition) is 5. The van der Waals surface area contributed by atoms with Gasteiger partial charge in [0.25, 0.3) is 0 Å². The molecule has 0 spiro atoms. The van der Waals surface area contributed by atoms with Crippen LogP contribution in [0, 0.1) is 6.92 Å². The van der Waals surface area contributed by atoms with Crippen molar-refractivity contribution >= 4 is 43.3 Å². The molecule has 0 fully saturated rings. The summed E-state index contributed by atoms with van der Waals surface area (Å²) in [6, 6.07) is 0.592. The molecule has 0 aliphatic heterocycles. The first-order valence-electron chi connectivity index (χ1n) is 4.64. The fourth-order valence-electron chi connectivity index (χ4n) is 1.22. The molecule has 8 heteroatoms. The zero-order valence-corrected chi connectivity index (χ0v) is 12.7. The second-order valence-electron chi connectivity index (χ2n) is 3.34. The van der Waals surface area contributed by atoms with Crippen LogP contribution in [0.2, 0.25) is 0 Å². The zero-order valence-electron chi connectivity index (χ0n) is 9.48. The average molecular weight is 342 g/mol. The highest BCUT2D eigenvalue weighted by atomic mass is 79.9. The minimum Gasteiger partial charge on any atom is -0.468 e. The third-order valence-electron chi connectivity index (χ3n) is 2.02. The summed E-state index contributed by atoms with van der Waals surface area (Å²) in [5, 5.41) is 0. The molecule has 0 saturated carbocycles. The molecule has 0 aliphatic carbocycles. The average Bonchev–Trinajstić information content (AvgIpc) is 2.56. The summed E-state index contributed by atoms with van der Waals surface area (Å²) in [5.41, 5.74) is 0. The molecule has 1 atom stereocenters. The van der Waals surface area contributed by atoms with E-state index in [4.69, 9.17) is 0 Å². The number of rotatable bonds is 4. The topological polar surface area (TPSA) is 72.5 Å². The Morgan fingerprint density at radius 1 is 1.59 bits per heavy atom. The van der Waals surface area contributed by atoms with Gasteiger partial charge in [-0.05, 0) is 35.8 Å². The van der Waals surface area contributed by atoms with Gasteiger partial charge >= 0.3 is 5.97 Å². The first-order chi connectivity index (χ1) is 7.77. The summed E-state index contributed by atoms with van der Waals surface area (Å²) < 4.78 is 31.4. The van der Waals surface area contributed by atoms with Gasteiger partial charge in [-0.15, -0.1) is 11.3 Å². The van der Waals surface area contributed by atoms with Crippen molar-refractivity contribution in [2.24, 2.45) is 0 Å². The van der Waals surface area contributed by atoms with Crippen LogP contribution in [-0.4, -0.2) is 27.5 Å². The maximum absolute atomic E-state index is 12.0. The highest BCUT2D eigenvalue weighted by molar-refractivity contribution is 9.11. The largest absolute Gasteiger partial charge is 0.468 e. The summed E-state index contributed by atoms with van der Waals surface area (Å²) in [7, 11) is -2.49. The van der Waals surface area contributed by atoms with Crippen LogP contribution in [0.4, 0.5) is 0 Å². The van der Waals surface area contributed by atoms with Crippen molar-refractivity contribution in [1.29, 1.82) is 0 Å². The standard InChI is InChI=1S/C9H12BrNO4S2/c1-5(9(12)15-3)11-17(13,14)7-4-8(10)16-6(7)2/h4-5,11H,1-3H3. The second kappa shape index (κ2) is 5.47. The molecule has 0 aromatic carbocycles. The molecule has 0 aliphatic rings. The van der Waals surface area contributed by atoms with Gasteiger partial charge < -0.3 is 4.74 Å². The Kier molecular flexibility index (Phi) is 4.70. The number of esters is 1.